The van der Waals surface area contributed by atoms with Gasteiger partial charge in [-0.25, -0.2) is 9.97 Å². The summed E-state index contributed by atoms with van der Waals surface area (Å²) in [5.41, 5.74) is 2.24. The van der Waals surface area contributed by atoms with Gasteiger partial charge in [-0.2, -0.15) is 0 Å². The van der Waals surface area contributed by atoms with Crippen molar-refractivity contribution in [1.82, 2.24) is 9.97 Å². The Morgan fingerprint density at radius 3 is 2.67 bits per heavy atom. The fourth-order valence-electron chi connectivity index (χ4n) is 2.54. The molecule has 4 rings (SSSR count). The predicted octanol–water partition coefficient (Wildman–Crippen LogP) is 5.82. The molecule has 3 nitrogen and oxygen atoms in total. The average Bonchev–Trinajstić information content (AvgIpc) is 3.08. The first-order valence-electron chi connectivity index (χ1n) is 7.54. The summed E-state index contributed by atoms with van der Waals surface area (Å²) in [5.74, 6) is 0.844. The number of aromatic nitrogens is 2. The van der Waals surface area contributed by atoms with E-state index >= 15 is 0 Å². The highest BCUT2D eigenvalue weighted by molar-refractivity contribution is 7.98. The molecule has 2 heterocycles. The van der Waals surface area contributed by atoms with E-state index in [2.05, 4.69) is 76.1 Å². The van der Waals surface area contributed by atoms with Gasteiger partial charge in [-0.3, -0.25) is 0 Å². The van der Waals surface area contributed by atoms with Gasteiger partial charge in [-0.05, 0) is 36.1 Å². The molecule has 5 heteroatoms. The van der Waals surface area contributed by atoms with E-state index in [-0.39, 0.29) is 0 Å². The number of rotatable bonds is 4. The van der Waals surface area contributed by atoms with E-state index in [9.17, 15) is 0 Å². The van der Waals surface area contributed by atoms with Gasteiger partial charge in [0, 0.05) is 15.5 Å². The molecule has 0 aliphatic rings. The third-order valence-electron chi connectivity index (χ3n) is 3.72. The van der Waals surface area contributed by atoms with Crippen molar-refractivity contribution in [2.24, 2.45) is 0 Å². The Hall–Kier alpha value is -2.37. The number of nitrogens with zero attached hydrogens (tertiary/aromatic N) is 2. The molecule has 1 N–H and O–H groups in total. The van der Waals surface area contributed by atoms with Crippen LogP contribution in [0.1, 0.15) is 0 Å². The quantitative estimate of drug-likeness (QED) is 0.471. The van der Waals surface area contributed by atoms with Gasteiger partial charge < -0.3 is 5.32 Å². The topological polar surface area (TPSA) is 37.8 Å². The summed E-state index contributed by atoms with van der Waals surface area (Å²) in [4.78, 5) is 12.3. The maximum Gasteiger partial charge on any atom is 0.142 e. The van der Waals surface area contributed by atoms with E-state index < -0.39 is 0 Å². The van der Waals surface area contributed by atoms with Crippen LogP contribution in [-0.2, 0) is 0 Å². The molecule has 118 valence electrons. The van der Waals surface area contributed by atoms with Crippen LogP contribution < -0.4 is 5.32 Å². The number of nitrogens with one attached hydrogen (secondary N) is 1. The fraction of sp³-hybridized carbons (Fsp3) is 0.0526. The van der Waals surface area contributed by atoms with Crippen LogP contribution in [0.4, 0.5) is 11.5 Å². The van der Waals surface area contributed by atoms with Gasteiger partial charge in [0.15, 0.2) is 0 Å². The number of thiophene rings is 1. The monoisotopic (exact) mass is 349 g/mol. The molecule has 0 spiro atoms. The maximum atomic E-state index is 4.44. The highest BCUT2D eigenvalue weighted by Crippen LogP contribution is 2.35. The summed E-state index contributed by atoms with van der Waals surface area (Å²) in [6.45, 7) is 0. The smallest absolute Gasteiger partial charge is 0.142 e. The minimum atomic E-state index is 0.844. The van der Waals surface area contributed by atoms with Crippen molar-refractivity contribution in [3.63, 3.8) is 0 Å². The fourth-order valence-corrected chi connectivity index (χ4v) is 4.00. The second kappa shape index (κ2) is 6.63. The zero-order valence-corrected chi connectivity index (χ0v) is 14.7. The molecule has 0 aliphatic carbocycles. The Bertz CT molecular complexity index is 980. The van der Waals surface area contributed by atoms with Gasteiger partial charge >= 0.3 is 0 Å². The van der Waals surface area contributed by atoms with Gasteiger partial charge in [0.25, 0.3) is 0 Å². The molecule has 0 saturated heterocycles. The van der Waals surface area contributed by atoms with E-state index in [1.165, 1.54) is 15.3 Å². The Morgan fingerprint density at radius 2 is 1.83 bits per heavy atom. The molecule has 24 heavy (non-hydrogen) atoms. The first-order chi connectivity index (χ1) is 11.8. The van der Waals surface area contributed by atoms with Crippen LogP contribution in [0.5, 0.6) is 0 Å². The number of fused-ring (bicyclic) bond motifs is 1. The lowest BCUT2D eigenvalue weighted by atomic mass is 10.2. The van der Waals surface area contributed by atoms with Crippen LogP contribution in [0.15, 0.2) is 71.9 Å². The van der Waals surface area contributed by atoms with Crippen LogP contribution in [0, 0.1) is 0 Å². The lowest BCUT2D eigenvalue weighted by molar-refractivity contribution is 1.23. The second-order valence-corrected chi connectivity index (χ2v) is 7.19. The third kappa shape index (κ3) is 3.00. The van der Waals surface area contributed by atoms with Crippen molar-refractivity contribution in [3.05, 3.63) is 67.0 Å². The predicted molar refractivity (Wildman–Crippen MR) is 104 cm³/mol. The summed E-state index contributed by atoms with van der Waals surface area (Å²) in [6, 6.07) is 20.9. The molecule has 0 amide bonds. The van der Waals surface area contributed by atoms with Crippen molar-refractivity contribution in [2.75, 3.05) is 11.6 Å². The highest BCUT2D eigenvalue weighted by Gasteiger charge is 2.10. The summed E-state index contributed by atoms with van der Waals surface area (Å²) in [6.07, 6.45) is 3.70. The Labute approximate surface area is 148 Å². The lowest BCUT2D eigenvalue weighted by Crippen LogP contribution is -1.94. The van der Waals surface area contributed by atoms with Gasteiger partial charge in [0.2, 0.25) is 0 Å². The zero-order valence-electron chi connectivity index (χ0n) is 13.1. The molecule has 0 atom stereocenters. The summed E-state index contributed by atoms with van der Waals surface area (Å²) in [5, 5.41) is 4.48. The van der Waals surface area contributed by atoms with Crippen molar-refractivity contribution in [1.29, 1.82) is 0 Å². The number of hydrogen-bond donors (Lipinski definition) is 1. The standard InChI is InChI=1S/C19H15N3S2/c1-23-15-9-5-8-14(10-15)22-18-16-11-17(13-6-3-2-4-7-13)24-19(16)21-12-20-18/h2-12H,1H3,(H,20,21,22). The van der Waals surface area contributed by atoms with Gasteiger partial charge in [-0.15, -0.1) is 23.1 Å². The van der Waals surface area contributed by atoms with E-state index in [0.717, 1.165) is 21.7 Å². The molecule has 2 aromatic carbocycles. The Kier molecular flexibility index (Phi) is 4.19. The first kappa shape index (κ1) is 15.2. The molecule has 0 radical (unpaired) electrons. The largest absolute Gasteiger partial charge is 0.340 e. The number of benzene rings is 2. The molecule has 0 saturated carbocycles. The molecular formula is C19H15N3S2. The summed E-state index contributed by atoms with van der Waals surface area (Å²) in [7, 11) is 0. The van der Waals surface area contributed by atoms with Crippen molar-refractivity contribution >= 4 is 44.8 Å². The third-order valence-corrected chi connectivity index (χ3v) is 5.54. The average molecular weight is 349 g/mol. The molecule has 0 bridgehead atoms. The van der Waals surface area contributed by atoms with Gasteiger partial charge in [-0.1, -0.05) is 36.4 Å². The van der Waals surface area contributed by atoms with Crippen LogP contribution in [-0.4, -0.2) is 16.2 Å². The van der Waals surface area contributed by atoms with Crippen LogP contribution in [0.3, 0.4) is 0 Å². The Morgan fingerprint density at radius 1 is 0.958 bits per heavy atom. The van der Waals surface area contributed by atoms with Gasteiger partial charge in [0.1, 0.15) is 17.0 Å². The molecular weight excluding hydrogens is 334 g/mol. The van der Waals surface area contributed by atoms with Crippen LogP contribution >= 0.6 is 23.1 Å². The number of anilines is 2. The molecule has 0 fully saturated rings. The van der Waals surface area contributed by atoms with Gasteiger partial charge in [0.05, 0.1) is 5.39 Å². The van der Waals surface area contributed by atoms with E-state index in [4.69, 9.17) is 0 Å². The SMILES string of the molecule is CSc1cccc(Nc2ncnc3sc(-c4ccccc4)cc23)c1. The van der Waals surface area contributed by atoms with Crippen LogP contribution in [0.25, 0.3) is 20.7 Å². The second-order valence-electron chi connectivity index (χ2n) is 5.27. The molecule has 2 aromatic heterocycles. The minimum absolute atomic E-state index is 0.844. The molecule has 0 aliphatic heterocycles. The minimum Gasteiger partial charge on any atom is -0.340 e. The number of hydrogen-bond acceptors (Lipinski definition) is 5. The van der Waals surface area contributed by atoms with Crippen molar-refractivity contribution in [3.8, 4) is 10.4 Å². The normalized spacial score (nSPS) is 10.9. The highest BCUT2D eigenvalue weighted by atomic mass is 32.2. The Balaban J connectivity index is 1.74. The lowest BCUT2D eigenvalue weighted by Gasteiger charge is -2.07. The zero-order chi connectivity index (χ0) is 16.4. The van der Waals surface area contributed by atoms with E-state index in [1.54, 1.807) is 29.4 Å². The molecule has 0 unspecified atom stereocenters. The van der Waals surface area contributed by atoms with Crippen molar-refractivity contribution < 1.29 is 0 Å². The maximum absolute atomic E-state index is 4.44. The van der Waals surface area contributed by atoms with E-state index in [1.807, 2.05) is 6.07 Å². The molecule has 4 aromatic rings. The summed E-state index contributed by atoms with van der Waals surface area (Å²) >= 11 is 3.42. The number of thioether (sulfide) groups is 1. The summed E-state index contributed by atoms with van der Waals surface area (Å²) < 4.78 is 0. The van der Waals surface area contributed by atoms with Crippen molar-refractivity contribution in [2.45, 2.75) is 4.90 Å². The first-order valence-corrected chi connectivity index (χ1v) is 9.58. The van der Waals surface area contributed by atoms with E-state index in [0.29, 0.717) is 0 Å². The van der Waals surface area contributed by atoms with Crippen LogP contribution in [0.2, 0.25) is 0 Å².